The van der Waals surface area contributed by atoms with Gasteiger partial charge in [-0.1, -0.05) is 20.4 Å². The van der Waals surface area contributed by atoms with Crippen molar-refractivity contribution in [2.24, 2.45) is 40.4 Å². The smallest absolute Gasteiger partial charge is 0.133 e. The summed E-state index contributed by atoms with van der Waals surface area (Å²) in [5.41, 5.74) is 2.93. The van der Waals surface area contributed by atoms with Gasteiger partial charge in [-0.15, -0.1) is 5.73 Å². The Hall–Kier alpha value is -0.850. The first-order chi connectivity index (χ1) is 12.7. The standard InChI is InChI=1S/C25H38O2/c1-5-6-12-25(27)15-14-23(3)18(16-25)7-8-19-21-10-9-20(17(2)26)24(21,4)13-11-22(19)23/h6,18-22,27H,1,7-16H2,2-4H3/t18-,19-,20+,21-,22-,23-,24+,25+/m0/s1. The van der Waals surface area contributed by atoms with Crippen LogP contribution in [0.15, 0.2) is 18.4 Å². The van der Waals surface area contributed by atoms with Gasteiger partial charge in [0, 0.05) is 12.3 Å². The molecule has 1 N–H and O–H groups in total. The average Bonchev–Trinajstić information content (AvgIpc) is 2.98. The lowest BCUT2D eigenvalue weighted by molar-refractivity contribution is -0.152. The number of rotatable bonds is 3. The predicted molar refractivity (Wildman–Crippen MR) is 109 cm³/mol. The molecule has 0 aromatic heterocycles. The fraction of sp³-hybridized carbons (Fsp3) is 0.840. The Morgan fingerprint density at radius 1 is 1.07 bits per heavy atom. The highest BCUT2D eigenvalue weighted by Crippen LogP contribution is 2.68. The van der Waals surface area contributed by atoms with Gasteiger partial charge in [-0.05, 0) is 105 Å². The minimum Gasteiger partial charge on any atom is -0.390 e. The fourth-order valence-electron chi connectivity index (χ4n) is 8.44. The van der Waals surface area contributed by atoms with Gasteiger partial charge in [0.25, 0.3) is 0 Å². The van der Waals surface area contributed by atoms with Crippen LogP contribution in [-0.2, 0) is 4.79 Å². The van der Waals surface area contributed by atoms with Crippen LogP contribution in [-0.4, -0.2) is 16.5 Å². The summed E-state index contributed by atoms with van der Waals surface area (Å²) in [5.74, 6) is 3.71. The molecule has 4 aliphatic carbocycles. The molecule has 0 heterocycles. The Bertz CT molecular complexity index is 661. The molecule has 0 radical (unpaired) electrons. The van der Waals surface area contributed by atoms with E-state index in [1.165, 1.54) is 32.1 Å². The largest absolute Gasteiger partial charge is 0.390 e. The van der Waals surface area contributed by atoms with Crippen molar-refractivity contribution in [3.63, 3.8) is 0 Å². The van der Waals surface area contributed by atoms with Crippen LogP contribution in [0.4, 0.5) is 0 Å². The zero-order chi connectivity index (χ0) is 19.4. The van der Waals surface area contributed by atoms with Crippen molar-refractivity contribution in [3.8, 4) is 0 Å². The Kier molecular flexibility index (Phi) is 4.76. The molecule has 0 saturated heterocycles. The van der Waals surface area contributed by atoms with Crippen LogP contribution in [0.2, 0.25) is 0 Å². The topological polar surface area (TPSA) is 37.3 Å². The van der Waals surface area contributed by atoms with Crippen LogP contribution >= 0.6 is 0 Å². The van der Waals surface area contributed by atoms with E-state index in [9.17, 15) is 9.90 Å². The molecule has 150 valence electrons. The molecular weight excluding hydrogens is 332 g/mol. The molecule has 2 heteroatoms. The van der Waals surface area contributed by atoms with Gasteiger partial charge in [0.15, 0.2) is 0 Å². The minimum absolute atomic E-state index is 0.250. The van der Waals surface area contributed by atoms with Gasteiger partial charge in [0.05, 0.1) is 5.60 Å². The number of carbonyl (C=O) groups excluding carboxylic acids is 1. The summed E-state index contributed by atoms with van der Waals surface area (Å²) in [6.07, 6.45) is 13.1. The zero-order valence-corrected chi connectivity index (χ0v) is 17.6. The van der Waals surface area contributed by atoms with E-state index in [1.54, 1.807) is 0 Å². The van der Waals surface area contributed by atoms with Gasteiger partial charge < -0.3 is 5.11 Å². The lowest BCUT2D eigenvalue weighted by Crippen LogP contribution is -2.56. The quantitative estimate of drug-likeness (QED) is 0.647. The third kappa shape index (κ3) is 2.90. The number of hydrogen-bond donors (Lipinski definition) is 1. The molecule has 0 aromatic rings. The van der Waals surface area contributed by atoms with Crippen LogP contribution < -0.4 is 0 Å². The third-order valence-electron chi connectivity index (χ3n) is 9.94. The molecule has 0 aromatic carbocycles. The van der Waals surface area contributed by atoms with Crippen molar-refractivity contribution in [2.45, 2.75) is 90.6 Å². The van der Waals surface area contributed by atoms with Crippen LogP contribution in [0, 0.1) is 40.4 Å². The summed E-state index contributed by atoms with van der Waals surface area (Å²) in [4.78, 5) is 12.3. The first-order valence-electron chi connectivity index (χ1n) is 11.3. The fourth-order valence-corrected chi connectivity index (χ4v) is 8.44. The second-order valence-electron chi connectivity index (χ2n) is 11.0. The van der Waals surface area contributed by atoms with Gasteiger partial charge >= 0.3 is 0 Å². The second kappa shape index (κ2) is 6.60. The van der Waals surface area contributed by atoms with Gasteiger partial charge in [-0.25, -0.2) is 0 Å². The van der Waals surface area contributed by atoms with Gasteiger partial charge in [0.2, 0.25) is 0 Å². The van der Waals surface area contributed by atoms with Gasteiger partial charge in [0.1, 0.15) is 5.78 Å². The number of aliphatic hydroxyl groups is 1. The van der Waals surface area contributed by atoms with E-state index in [-0.39, 0.29) is 5.41 Å². The monoisotopic (exact) mass is 370 g/mol. The summed E-state index contributed by atoms with van der Waals surface area (Å²) in [7, 11) is 0. The molecule has 4 rings (SSSR count). The van der Waals surface area contributed by atoms with E-state index in [0.717, 1.165) is 43.4 Å². The maximum atomic E-state index is 12.3. The summed E-state index contributed by atoms with van der Waals surface area (Å²) in [6.45, 7) is 10.5. The molecule has 4 saturated carbocycles. The summed E-state index contributed by atoms with van der Waals surface area (Å²) >= 11 is 0. The predicted octanol–water partition coefficient (Wildman–Crippen LogP) is 5.70. The molecule has 4 fully saturated rings. The lowest BCUT2D eigenvalue weighted by Gasteiger charge is -2.62. The molecule has 8 atom stereocenters. The first-order valence-corrected chi connectivity index (χ1v) is 11.3. The zero-order valence-electron chi connectivity index (χ0n) is 17.6. The molecule has 27 heavy (non-hydrogen) atoms. The number of ketones is 1. The van der Waals surface area contributed by atoms with Crippen molar-refractivity contribution in [1.29, 1.82) is 0 Å². The van der Waals surface area contributed by atoms with Crippen LogP contribution in [0.25, 0.3) is 0 Å². The Morgan fingerprint density at radius 2 is 1.81 bits per heavy atom. The average molecular weight is 371 g/mol. The highest BCUT2D eigenvalue weighted by atomic mass is 16.3. The first kappa shape index (κ1) is 19.5. The van der Waals surface area contributed by atoms with Crippen molar-refractivity contribution in [1.82, 2.24) is 0 Å². The van der Waals surface area contributed by atoms with E-state index < -0.39 is 5.60 Å². The lowest BCUT2D eigenvalue weighted by atomic mass is 9.43. The van der Waals surface area contributed by atoms with Crippen LogP contribution in [0.1, 0.15) is 85.0 Å². The summed E-state index contributed by atoms with van der Waals surface area (Å²) in [5, 5.41) is 11.1. The van der Waals surface area contributed by atoms with Gasteiger partial charge in [-0.3, -0.25) is 4.79 Å². The molecule has 0 amide bonds. The minimum atomic E-state index is -0.544. The summed E-state index contributed by atoms with van der Waals surface area (Å²) < 4.78 is 0. The molecular formula is C25H38O2. The van der Waals surface area contributed by atoms with Crippen LogP contribution in [0.3, 0.4) is 0 Å². The number of hydrogen-bond acceptors (Lipinski definition) is 2. The van der Waals surface area contributed by atoms with Crippen molar-refractivity contribution >= 4 is 5.78 Å². The third-order valence-corrected chi connectivity index (χ3v) is 9.94. The SMILES string of the molecule is C=C=CC[C@@]1(O)CC[C@@]2(C)[C@@H](CC[C@@H]3[C@@H]2CC[C@]2(C)[C@@H](C(C)=O)CC[C@@H]32)C1. The molecule has 4 aliphatic rings. The van der Waals surface area contributed by atoms with Crippen molar-refractivity contribution in [3.05, 3.63) is 18.4 Å². The number of fused-ring (bicyclic) bond motifs is 5. The molecule has 0 aliphatic heterocycles. The molecule has 2 nitrogen and oxygen atoms in total. The normalized spacial score (nSPS) is 51.5. The van der Waals surface area contributed by atoms with E-state index in [1.807, 2.05) is 13.0 Å². The van der Waals surface area contributed by atoms with Crippen molar-refractivity contribution in [2.75, 3.05) is 0 Å². The summed E-state index contributed by atoms with van der Waals surface area (Å²) in [6, 6.07) is 0. The van der Waals surface area contributed by atoms with E-state index in [2.05, 4.69) is 26.2 Å². The highest BCUT2D eigenvalue weighted by molar-refractivity contribution is 5.79. The van der Waals surface area contributed by atoms with E-state index >= 15 is 0 Å². The van der Waals surface area contributed by atoms with E-state index in [0.29, 0.717) is 29.5 Å². The maximum absolute atomic E-state index is 12.3. The molecule has 0 unspecified atom stereocenters. The highest BCUT2D eigenvalue weighted by Gasteiger charge is 2.61. The number of carbonyl (C=O) groups is 1. The van der Waals surface area contributed by atoms with E-state index in [4.69, 9.17) is 0 Å². The Balaban J connectivity index is 1.56. The maximum Gasteiger partial charge on any atom is 0.133 e. The second-order valence-corrected chi connectivity index (χ2v) is 11.0. The Morgan fingerprint density at radius 3 is 2.52 bits per heavy atom. The number of Topliss-reactive ketones (excluding diaryl/α,β-unsaturated/α-hetero) is 1. The molecule has 0 bridgehead atoms. The Labute approximate surface area is 165 Å². The molecule has 0 spiro atoms. The van der Waals surface area contributed by atoms with Gasteiger partial charge in [-0.2, -0.15) is 0 Å². The van der Waals surface area contributed by atoms with Crippen molar-refractivity contribution < 1.29 is 9.90 Å². The van der Waals surface area contributed by atoms with Crippen LogP contribution in [0.5, 0.6) is 0 Å².